The number of rotatable bonds is 6. The fraction of sp³-hybridized carbons (Fsp3) is 0.357. The number of anilines is 1. The number of nitrogens with two attached hydrogens (primary N) is 1. The fourth-order valence-corrected chi connectivity index (χ4v) is 4.48. The molecule has 9 nitrogen and oxygen atoms in total. The maximum absolute atomic E-state index is 13.7. The molecule has 1 saturated heterocycles. The molecule has 2 atom stereocenters. The standard InChI is InChI=1S/C28H33N5O4/c1-28(2,3)37-27(36)32-23(20-8-5-4-6-9-20)26(35)33-15-7-10-22(33)25(34)31-17-18-11-12-19-13-14-30-24(29)21(19)16-18/h4-6,8-9,11-14,16,22-23H,7,10,15,17H2,1-3H3,(H2,29,30)(H,31,34)(H,32,36). The number of ether oxygens (including phenoxy) is 1. The first-order valence-corrected chi connectivity index (χ1v) is 12.4. The minimum absolute atomic E-state index is 0.241. The van der Waals surface area contributed by atoms with Crippen molar-refractivity contribution in [2.24, 2.45) is 0 Å². The van der Waals surface area contributed by atoms with Crippen molar-refractivity contribution < 1.29 is 19.1 Å². The normalized spacial score (nSPS) is 16.3. The van der Waals surface area contributed by atoms with E-state index in [4.69, 9.17) is 10.5 Å². The summed E-state index contributed by atoms with van der Waals surface area (Å²) in [4.78, 5) is 45.1. The van der Waals surface area contributed by atoms with Crippen LogP contribution in [-0.2, 0) is 20.9 Å². The van der Waals surface area contributed by atoms with Crippen LogP contribution in [-0.4, -0.2) is 46.0 Å². The van der Waals surface area contributed by atoms with Crippen LogP contribution in [0.3, 0.4) is 0 Å². The first-order chi connectivity index (χ1) is 17.6. The smallest absolute Gasteiger partial charge is 0.408 e. The lowest BCUT2D eigenvalue weighted by Crippen LogP contribution is -2.50. The van der Waals surface area contributed by atoms with Crippen molar-refractivity contribution in [2.45, 2.75) is 57.8 Å². The summed E-state index contributed by atoms with van der Waals surface area (Å²) in [5.74, 6) is -0.156. The Bertz CT molecular complexity index is 1290. The highest BCUT2D eigenvalue weighted by Crippen LogP contribution is 2.25. The summed E-state index contributed by atoms with van der Waals surface area (Å²) in [6.45, 7) is 5.99. The number of amides is 3. The van der Waals surface area contributed by atoms with Gasteiger partial charge in [0.15, 0.2) is 0 Å². The Morgan fingerprint density at radius 3 is 2.62 bits per heavy atom. The molecule has 4 N–H and O–H groups in total. The number of fused-ring (bicyclic) bond motifs is 1. The van der Waals surface area contributed by atoms with Crippen LogP contribution >= 0.6 is 0 Å². The van der Waals surface area contributed by atoms with E-state index < -0.39 is 23.8 Å². The molecule has 3 aromatic rings. The van der Waals surface area contributed by atoms with Gasteiger partial charge in [0.1, 0.15) is 23.5 Å². The summed E-state index contributed by atoms with van der Waals surface area (Å²) >= 11 is 0. The van der Waals surface area contributed by atoms with E-state index in [9.17, 15) is 14.4 Å². The molecule has 194 valence electrons. The van der Waals surface area contributed by atoms with Crippen molar-refractivity contribution in [3.05, 3.63) is 71.9 Å². The summed E-state index contributed by atoms with van der Waals surface area (Å²) in [5, 5.41) is 7.46. The van der Waals surface area contributed by atoms with Crippen LogP contribution in [0.25, 0.3) is 10.8 Å². The minimum atomic E-state index is -0.972. The molecule has 2 unspecified atom stereocenters. The van der Waals surface area contributed by atoms with Gasteiger partial charge in [-0.25, -0.2) is 9.78 Å². The van der Waals surface area contributed by atoms with Crippen molar-refractivity contribution in [3.63, 3.8) is 0 Å². The minimum Gasteiger partial charge on any atom is -0.444 e. The van der Waals surface area contributed by atoms with Gasteiger partial charge in [0.2, 0.25) is 5.91 Å². The topological polar surface area (TPSA) is 127 Å². The van der Waals surface area contributed by atoms with Crippen LogP contribution in [0.15, 0.2) is 60.8 Å². The van der Waals surface area contributed by atoms with Crippen molar-refractivity contribution in [1.29, 1.82) is 0 Å². The summed E-state index contributed by atoms with van der Waals surface area (Å²) < 4.78 is 5.39. The molecule has 37 heavy (non-hydrogen) atoms. The molecule has 1 aliphatic rings. The lowest BCUT2D eigenvalue weighted by molar-refractivity contribution is -0.140. The van der Waals surface area contributed by atoms with E-state index in [2.05, 4.69) is 15.6 Å². The van der Waals surface area contributed by atoms with Gasteiger partial charge in [-0.15, -0.1) is 0 Å². The van der Waals surface area contributed by atoms with Gasteiger partial charge in [-0.05, 0) is 62.3 Å². The fourth-order valence-electron chi connectivity index (χ4n) is 4.48. The molecule has 0 radical (unpaired) electrons. The van der Waals surface area contributed by atoms with Crippen LogP contribution in [0.2, 0.25) is 0 Å². The summed E-state index contributed by atoms with van der Waals surface area (Å²) in [6.07, 6.45) is 2.20. The number of benzene rings is 2. The third-order valence-electron chi connectivity index (χ3n) is 6.21. The highest BCUT2D eigenvalue weighted by Gasteiger charge is 2.38. The highest BCUT2D eigenvalue weighted by molar-refractivity contribution is 5.93. The SMILES string of the molecule is CC(C)(C)OC(=O)NC(C(=O)N1CCCC1C(=O)NCc1ccc2ccnc(N)c2c1)c1ccccc1. The molecule has 0 aliphatic carbocycles. The number of alkyl carbamates (subject to hydrolysis) is 1. The Balaban J connectivity index is 1.47. The summed E-state index contributed by atoms with van der Waals surface area (Å²) in [6, 6.07) is 15.0. The van der Waals surface area contributed by atoms with E-state index in [1.165, 1.54) is 0 Å². The molecular formula is C28H33N5O4. The van der Waals surface area contributed by atoms with Crippen LogP contribution in [0.4, 0.5) is 10.6 Å². The average Bonchev–Trinajstić information content (AvgIpc) is 3.35. The van der Waals surface area contributed by atoms with Gasteiger partial charge in [0, 0.05) is 24.7 Å². The molecule has 2 aromatic carbocycles. The van der Waals surface area contributed by atoms with Gasteiger partial charge < -0.3 is 26.0 Å². The lowest BCUT2D eigenvalue weighted by atomic mass is 10.0. The number of hydrogen-bond acceptors (Lipinski definition) is 6. The van der Waals surface area contributed by atoms with Crippen LogP contribution < -0.4 is 16.4 Å². The van der Waals surface area contributed by atoms with Crippen molar-refractivity contribution in [2.75, 3.05) is 12.3 Å². The summed E-state index contributed by atoms with van der Waals surface area (Å²) in [7, 11) is 0. The molecule has 1 aromatic heterocycles. The van der Waals surface area contributed by atoms with Crippen LogP contribution in [0.1, 0.15) is 50.8 Å². The maximum Gasteiger partial charge on any atom is 0.408 e. The number of carbonyl (C=O) groups is 3. The zero-order valence-electron chi connectivity index (χ0n) is 21.4. The number of pyridine rings is 1. The Morgan fingerprint density at radius 1 is 1.14 bits per heavy atom. The second-order valence-electron chi connectivity index (χ2n) is 10.1. The Morgan fingerprint density at radius 2 is 1.89 bits per heavy atom. The van der Waals surface area contributed by atoms with Gasteiger partial charge in [-0.2, -0.15) is 0 Å². The van der Waals surface area contributed by atoms with Crippen molar-refractivity contribution in [1.82, 2.24) is 20.5 Å². The van der Waals surface area contributed by atoms with Gasteiger partial charge in [0.25, 0.3) is 5.91 Å². The molecule has 0 bridgehead atoms. The van der Waals surface area contributed by atoms with Crippen molar-refractivity contribution in [3.8, 4) is 0 Å². The second-order valence-corrected chi connectivity index (χ2v) is 10.1. The molecule has 1 fully saturated rings. The van der Waals surface area contributed by atoms with Gasteiger partial charge >= 0.3 is 6.09 Å². The highest BCUT2D eigenvalue weighted by atomic mass is 16.6. The Hall–Kier alpha value is -4.14. The zero-order valence-corrected chi connectivity index (χ0v) is 21.4. The van der Waals surface area contributed by atoms with Gasteiger partial charge in [-0.1, -0.05) is 42.5 Å². The van der Waals surface area contributed by atoms with E-state index in [1.807, 2.05) is 30.3 Å². The van der Waals surface area contributed by atoms with Gasteiger partial charge in [0.05, 0.1) is 0 Å². The predicted octanol–water partition coefficient (Wildman–Crippen LogP) is 3.69. The molecule has 4 rings (SSSR count). The number of nitrogens with one attached hydrogen (secondary N) is 2. The quantitative estimate of drug-likeness (QED) is 0.471. The van der Waals surface area contributed by atoms with Crippen LogP contribution in [0.5, 0.6) is 0 Å². The zero-order chi connectivity index (χ0) is 26.6. The molecule has 0 spiro atoms. The third kappa shape index (κ3) is 6.35. The molecule has 2 heterocycles. The van der Waals surface area contributed by atoms with E-state index in [0.29, 0.717) is 37.3 Å². The molecule has 0 saturated carbocycles. The summed E-state index contributed by atoms with van der Waals surface area (Å²) in [5.41, 5.74) is 6.78. The number of carbonyl (C=O) groups excluding carboxylic acids is 3. The van der Waals surface area contributed by atoms with Crippen molar-refractivity contribution >= 4 is 34.5 Å². The van der Waals surface area contributed by atoms with E-state index in [0.717, 1.165) is 16.3 Å². The van der Waals surface area contributed by atoms with E-state index >= 15 is 0 Å². The number of nitrogen functional groups attached to an aromatic ring is 1. The van der Waals surface area contributed by atoms with Crippen LogP contribution in [0, 0.1) is 0 Å². The number of nitrogens with zero attached hydrogens (tertiary/aromatic N) is 2. The Kier molecular flexibility index (Phi) is 7.61. The third-order valence-corrected chi connectivity index (χ3v) is 6.21. The average molecular weight is 504 g/mol. The van der Waals surface area contributed by atoms with Gasteiger partial charge in [-0.3, -0.25) is 9.59 Å². The number of likely N-dealkylation sites (tertiary alicyclic amines) is 1. The molecule has 9 heteroatoms. The van der Waals surface area contributed by atoms with E-state index in [-0.39, 0.29) is 11.8 Å². The lowest BCUT2D eigenvalue weighted by Gasteiger charge is -2.29. The maximum atomic E-state index is 13.7. The first-order valence-electron chi connectivity index (χ1n) is 12.4. The molecule has 1 aliphatic heterocycles. The Labute approximate surface area is 216 Å². The number of aromatic nitrogens is 1. The molecule has 3 amide bonds. The number of hydrogen-bond donors (Lipinski definition) is 3. The monoisotopic (exact) mass is 503 g/mol. The first kappa shape index (κ1) is 25.9. The molecular weight excluding hydrogens is 470 g/mol. The largest absolute Gasteiger partial charge is 0.444 e. The van der Waals surface area contributed by atoms with E-state index in [1.54, 1.807) is 56.1 Å². The predicted molar refractivity (Wildman–Crippen MR) is 141 cm³/mol. The second kappa shape index (κ2) is 10.9.